The quantitative estimate of drug-likeness (QED) is 0.609. The zero-order valence-corrected chi connectivity index (χ0v) is 17.2. The van der Waals surface area contributed by atoms with Gasteiger partial charge in [-0.25, -0.2) is 4.79 Å². The van der Waals surface area contributed by atoms with Gasteiger partial charge < -0.3 is 19.7 Å². The number of carbonyl (C=O) groups excluding carboxylic acids is 2. The van der Waals surface area contributed by atoms with Gasteiger partial charge in [0.25, 0.3) is 5.91 Å². The van der Waals surface area contributed by atoms with Gasteiger partial charge in [-0.3, -0.25) is 4.79 Å². The van der Waals surface area contributed by atoms with Gasteiger partial charge in [-0.15, -0.1) is 5.10 Å². The summed E-state index contributed by atoms with van der Waals surface area (Å²) in [7, 11) is 0. The zero-order valence-electron chi connectivity index (χ0n) is 17.2. The number of rotatable bonds is 6. The van der Waals surface area contributed by atoms with E-state index in [9.17, 15) is 9.59 Å². The maximum absolute atomic E-state index is 12.4. The summed E-state index contributed by atoms with van der Waals surface area (Å²) in [6.07, 6.45) is 0. The molecule has 4 rings (SSSR count). The number of carbonyl (C=O) groups is 2. The number of benzene rings is 2. The van der Waals surface area contributed by atoms with E-state index in [1.165, 1.54) is 4.80 Å². The van der Waals surface area contributed by atoms with Crippen LogP contribution in [-0.2, 0) is 14.3 Å². The van der Waals surface area contributed by atoms with Gasteiger partial charge in [0.1, 0.15) is 0 Å². The Bertz CT molecular complexity index is 1040. The lowest BCUT2D eigenvalue weighted by molar-refractivity contribution is -0.119. The second-order valence-electron chi connectivity index (χ2n) is 7.03. The van der Waals surface area contributed by atoms with Gasteiger partial charge in [-0.1, -0.05) is 18.2 Å². The largest absolute Gasteiger partial charge is 0.451 e. The van der Waals surface area contributed by atoms with Crippen LogP contribution in [-0.4, -0.2) is 59.8 Å². The average Bonchev–Trinajstić information content (AvgIpc) is 3.21. The number of amides is 1. The maximum Gasteiger partial charge on any atom is 0.361 e. The van der Waals surface area contributed by atoms with Crippen molar-refractivity contribution < 1.29 is 19.1 Å². The molecule has 1 aliphatic heterocycles. The number of nitrogens with zero attached hydrogens (tertiary/aromatic N) is 4. The molecule has 0 bridgehead atoms. The minimum atomic E-state index is -0.697. The summed E-state index contributed by atoms with van der Waals surface area (Å²) < 4.78 is 10.5. The maximum atomic E-state index is 12.4. The SMILES string of the molecule is Cc1nn(-c2ccccc2)nc1C(=O)OCC(=O)Nc1ccc(N2CCOCC2)cc1. The number of hydrogen-bond donors (Lipinski definition) is 1. The van der Waals surface area contributed by atoms with Crippen molar-refractivity contribution in [2.75, 3.05) is 43.1 Å². The van der Waals surface area contributed by atoms with Crippen molar-refractivity contribution in [1.29, 1.82) is 0 Å². The Kier molecular flexibility index (Phi) is 6.23. The molecule has 1 aliphatic rings. The number of aryl methyl sites for hydroxylation is 1. The van der Waals surface area contributed by atoms with Crippen LogP contribution in [0.15, 0.2) is 54.6 Å². The molecule has 1 aromatic heterocycles. The molecule has 3 aromatic rings. The molecular formula is C22H23N5O4. The van der Waals surface area contributed by atoms with Gasteiger partial charge >= 0.3 is 5.97 Å². The van der Waals surface area contributed by atoms with E-state index in [-0.39, 0.29) is 5.69 Å². The predicted octanol–water partition coefficient (Wildman–Crippen LogP) is 2.21. The van der Waals surface area contributed by atoms with Crippen LogP contribution in [0.3, 0.4) is 0 Å². The van der Waals surface area contributed by atoms with Crippen molar-refractivity contribution >= 4 is 23.3 Å². The molecule has 2 heterocycles. The normalized spacial score (nSPS) is 13.6. The van der Waals surface area contributed by atoms with Crippen molar-refractivity contribution in [2.45, 2.75) is 6.92 Å². The van der Waals surface area contributed by atoms with Crippen molar-refractivity contribution in [3.8, 4) is 5.69 Å². The Balaban J connectivity index is 1.30. The highest BCUT2D eigenvalue weighted by Crippen LogP contribution is 2.19. The number of para-hydroxylation sites is 1. The molecule has 1 fully saturated rings. The Morgan fingerprint density at radius 3 is 2.42 bits per heavy atom. The van der Waals surface area contributed by atoms with E-state index in [0.29, 0.717) is 24.6 Å². The van der Waals surface area contributed by atoms with Gasteiger partial charge in [-0.05, 0) is 43.3 Å². The van der Waals surface area contributed by atoms with E-state index < -0.39 is 18.5 Å². The second-order valence-corrected chi connectivity index (χ2v) is 7.03. The predicted molar refractivity (Wildman–Crippen MR) is 114 cm³/mol. The summed E-state index contributed by atoms with van der Waals surface area (Å²) in [5.41, 5.74) is 2.93. The topological polar surface area (TPSA) is 98.6 Å². The molecule has 1 amide bonds. The first-order chi connectivity index (χ1) is 15.1. The summed E-state index contributed by atoms with van der Waals surface area (Å²) in [6, 6.07) is 16.8. The van der Waals surface area contributed by atoms with Gasteiger partial charge in [0.05, 0.1) is 24.6 Å². The highest BCUT2D eigenvalue weighted by molar-refractivity contribution is 5.95. The number of aromatic nitrogens is 3. The summed E-state index contributed by atoms with van der Waals surface area (Å²) in [4.78, 5) is 28.1. The molecule has 0 unspecified atom stereocenters. The van der Waals surface area contributed by atoms with Crippen LogP contribution in [0.25, 0.3) is 5.69 Å². The fraction of sp³-hybridized carbons (Fsp3) is 0.273. The molecule has 0 saturated carbocycles. The summed E-state index contributed by atoms with van der Waals surface area (Å²) >= 11 is 0. The van der Waals surface area contributed by atoms with Crippen LogP contribution >= 0.6 is 0 Å². The zero-order chi connectivity index (χ0) is 21.6. The molecule has 0 aliphatic carbocycles. The first kappa shape index (κ1) is 20.5. The van der Waals surface area contributed by atoms with Crippen molar-refractivity contribution in [1.82, 2.24) is 15.0 Å². The highest BCUT2D eigenvalue weighted by Gasteiger charge is 2.19. The third-order valence-electron chi connectivity index (χ3n) is 4.82. The molecule has 9 heteroatoms. The first-order valence-corrected chi connectivity index (χ1v) is 9.99. The molecular weight excluding hydrogens is 398 g/mol. The lowest BCUT2D eigenvalue weighted by Crippen LogP contribution is -2.36. The molecule has 1 saturated heterocycles. The summed E-state index contributed by atoms with van der Waals surface area (Å²) in [6.45, 7) is 4.36. The molecule has 9 nitrogen and oxygen atoms in total. The van der Waals surface area contributed by atoms with Crippen LogP contribution in [0.2, 0.25) is 0 Å². The molecule has 2 aromatic carbocycles. The molecule has 0 radical (unpaired) electrons. The Labute approximate surface area is 179 Å². The number of esters is 1. The number of anilines is 2. The molecule has 160 valence electrons. The minimum Gasteiger partial charge on any atom is -0.451 e. The lowest BCUT2D eigenvalue weighted by atomic mass is 10.2. The summed E-state index contributed by atoms with van der Waals surface area (Å²) in [5, 5.41) is 11.1. The van der Waals surface area contributed by atoms with Crippen LogP contribution < -0.4 is 10.2 Å². The Morgan fingerprint density at radius 2 is 1.71 bits per heavy atom. The number of nitrogens with one attached hydrogen (secondary N) is 1. The van der Waals surface area contributed by atoms with Crippen LogP contribution in [0.1, 0.15) is 16.2 Å². The summed E-state index contributed by atoms with van der Waals surface area (Å²) in [5.74, 6) is -1.13. The number of hydrogen-bond acceptors (Lipinski definition) is 7. The number of ether oxygens (including phenoxy) is 2. The standard InChI is InChI=1S/C22H23N5O4/c1-16-21(25-27(24-16)19-5-3-2-4-6-19)22(29)31-15-20(28)23-17-7-9-18(10-8-17)26-11-13-30-14-12-26/h2-10H,11-15H2,1H3,(H,23,28). The van der Waals surface area contributed by atoms with E-state index in [1.54, 1.807) is 6.92 Å². The minimum absolute atomic E-state index is 0.0755. The van der Waals surface area contributed by atoms with E-state index in [1.807, 2.05) is 54.6 Å². The first-order valence-electron chi connectivity index (χ1n) is 9.99. The van der Waals surface area contributed by atoms with Crippen LogP contribution in [0.5, 0.6) is 0 Å². The van der Waals surface area contributed by atoms with E-state index >= 15 is 0 Å². The average molecular weight is 421 g/mol. The van der Waals surface area contributed by atoms with Gasteiger partial charge in [0.2, 0.25) is 0 Å². The van der Waals surface area contributed by atoms with E-state index in [0.717, 1.165) is 24.5 Å². The lowest BCUT2D eigenvalue weighted by Gasteiger charge is -2.28. The fourth-order valence-electron chi connectivity index (χ4n) is 3.22. The smallest absolute Gasteiger partial charge is 0.361 e. The van der Waals surface area contributed by atoms with Crippen LogP contribution in [0, 0.1) is 6.92 Å². The number of morpholine rings is 1. The van der Waals surface area contributed by atoms with Crippen molar-refractivity contribution in [3.63, 3.8) is 0 Å². The molecule has 31 heavy (non-hydrogen) atoms. The molecule has 0 atom stereocenters. The molecule has 1 N–H and O–H groups in total. The van der Waals surface area contributed by atoms with Gasteiger partial charge in [0, 0.05) is 24.5 Å². The monoisotopic (exact) mass is 421 g/mol. The van der Waals surface area contributed by atoms with E-state index in [2.05, 4.69) is 20.4 Å². The third kappa shape index (κ3) is 5.07. The van der Waals surface area contributed by atoms with E-state index in [4.69, 9.17) is 9.47 Å². The third-order valence-corrected chi connectivity index (χ3v) is 4.82. The Morgan fingerprint density at radius 1 is 1.00 bits per heavy atom. The van der Waals surface area contributed by atoms with Crippen molar-refractivity contribution in [2.24, 2.45) is 0 Å². The van der Waals surface area contributed by atoms with Gasteiger partial charge in [-0.2, -0.15) is 9.90 Å². The van der Waals surface area contributed by atoms with Crippen molar-refractivity contribution in [3.05, 3.63) is 66.0 Å². The molecule has 0 spiro atoms. The fourth-order valence-corrected chi connectivity index (χ4v) is 3.22. The highest BCUT2D eigenvalue weighted by atomic mass is 16.5. The second kappa shape index (κ2) is 9.40. The Hall–Kier alpha value is -3.72. The van der Waals surface area contributed by atoms with Gasteiger partial charge in [0.15, 0.2) is 12.3 Å². The van der Waals surface area contributed by atoms with Crippen LogP contribution in [0.4, 0.5) is 11.4 Å².